The van der Waals surface area contributed by atoms with Gasteiger partial charge in [0.2, 0.25) is 0 Å². The summed E-state index contributed by atoms with van der Waals surface area (Å²) in [6.45, 7) is 3.81. The third-order valence-electron chi connectivity index (χ3n) is 3.95. The average Bonchev–Trinajstić information content (AvgIpc) is 2.38. The van der Waals surface area contributed by atoms with Crippen LogP contribution in [0.25, 0.3) is 0 Å². The maximum Gasteiger partial charge on any atom is 0.258 e. The summed E-state index contributed by atoms with van der Waals surface area (Å²) >= 11 is 5.18. The van der Waals surface area contributed by atoms with Crippen molar-refractivity contribution in [3.63, 3.8) is 0 Å². The fraction of sp³-hybridized carbons (Fsp3) is 0.400. The molecule has 0 bridgehead atoms. The number of carbonyl (C=O) groups is 1. The van der Waals surface area contributed by atoms with Crippen molar-refractivity contribution in [3.8, 4) is 0 Å². The molecule has 19 heavy (non-hydrogen) atoms. The van der Waals surface area contributed by atoms with E-state index in [9.17, 15) is 13.6 Å². The van der Waals surface area contributed by atoms with Crippen LogP contribution in [0.5, 0.6) is 0 Å². The smallest absolute Gasteiger partial charge is 0.258 e. The van der Waals surface area contributed by atoms with E-state index >= 15 is 0 Å². The van der Waals surface area contributed by atoms with E-state index in [1.807, 2.05) is 0 Å². The number of benzene rings is 1. The van der Waals surface area contributed by atoms with Gasteiger partial charge in [-0.3, -0.25) is 4.79 Å². The second kappa shape index (κ2) is 5.41. The van der Waals surface area contributed by atoms with Crippen LogP contribution in [0.2, 0.25) is 0 Å². The summed E-state index contributed by atoms with van der Waals surface area (Å²) < 4.78 is 27.7. The van der Waals surface area contributed by atoms with Crippen LogP contribution in [0.3, 0.4) is 0 Å². The molecule has 0 aromatic heterocycles. The van der Waals surface area contributed by atoms with Crippen molar-refractivity contribution in [2.45, 2.75) is 37.5 Å². The fourth-order valence-electron chi connectivity index (χ4n) is 2.84. The Morgan fingerprint density at radius 2 is 1.74 bits per heavy atom. The number of carbonyl (C=O) groups excluding carboxylic acids is 1. The first-order valence-electron chi connectivity index (χ1n) is 6.33. The first kappa shape index (κ1) is 14.2. The molecule has 0 saturated heterocycles. The van der Waals surface area contributed by atoms with E-state index in [0.717, 1.165) is 32.1 Å². The molecule has 102 valence electrons. The van der Waals surface area contributed by atoms with E-state index < -0.39 is 27.9 Å². The molecule has 0 unspecified atom stereocenters. The van der Waals surface area contributed by atoms with Crippen LogP contribution in [0.1, 0.15) is 48.0 Å². The zero-order chi connectivity index (χ0) is 14.0. The van der Waals surface area contributed by atoms with Gasteiger partial charge in [0.05, 0.1) is 0 Å². The third kappa shape index (κ3) is 2.57. The van der Waals surface area contributed by atoms with Gasteiger partial charge in [0, 0.05) is 5.41 Å². The fourth-order valence-corrected chi connectivity index (χ4v) is 3.02. The van der Waals surface area contributed by atoms with Gasteiger partial charge >= 0.3 is 0 Å². The van der Waals surface area contributed by atoms with Gasteiger partial charge in [-0.2, -0.15) is 0 Å². The van der Waals surface area contributed by atoms with Crippen LogP contribution < -0.4 is 0 Å². The van der Waals surface area contributed by atoms with Crippen molar-refractivity contribution in [2.24, 2.45) is 0 Å². The number of hydrogen-bond donors (Lipinski definition) is 0. The van der Waals surface area contributed by atoms with E-state index in [-0.39, 0.29) is 0 Å². The Morgan fingerprint density at radius 1 is 1.21 bits per heavy atom. The standard InChI is InChI=1S/C15H15ClF2O/c1-2-15(6-4-3-5-7-15)10-8-11(17)13(14(16)19)12(18)9-10/h2,8-9H,1,3-7H2. The van der Waals surface area contributed by atoms with E-state index in [2.05, 4.69) is 6.58 Å². The maximum absolute atomic E-state index is 13.8. The van der Waals surface area contributed by atoms with Crippen molar-refractivity contribution >= 4 is 16.8 Å². The zero-order valence-corrected chi connectivity index (χ0v) is 11.3. The minimum Gasteiger partial charge on any atom is -0.275 e. The molecule has 0 radical (unpaired) electrons. The molecule has 0 aliphatic heterocycles. The Kier molecular flexibility index (Phi) is 4.04. The molecular weight excluding hydrogens is 270 g/mol. The molecule has 0 amide bonds. The van der Waals surface area contributed by atoms with Crippen LogP contribution in [0, 0.1) is 11.6 Å². The number of allylic oxidation sites excluding steroid dienone is 1. The Labute approximate surface area is 116 Å². The topological polar surface area (TPSA) is 17.1 Å². The molecule has 4 heteroatoms. The van der Waals surface area contributed by atoms with E-state index in [4.69, 9.17) is 11.6 Å². The van der Waals surface area contributed by atoms with Crippen LogP contribution in [0.4, 0.5) is 8.78 Å². The van der Waals surface area contributed by atoms with Gasteiger partial charge in [-0.05, 0) is 42.1 Å². The average molecular weight is 285 g/mol. The predicted molar refractivity (Wildman–Crippen MR) is 71.5 cm³/mol. The second-order valence-electron chi connectivity index (χ2n) is 5.01. The second-order valence-corrected chi connectivity index (χ2v) is 5.35. The van der Waals surface area contributed by atoms with Crippen LogP contribution in [0.15, 0.2) is 24.8 Å². The lowest BCUT2D eigenvalue weighted by Crippen LogP contribution is -2.27. The summed E-state index contributed by atoms with van der Waals surface area (Å²) in [5.41, 5.74) is -0.535. The normalized spacial score (nSPS) is 18.1. The maximum atomic E-state index is 13.8. The third-order valence-corrected chi connectivity index (χ3v) is 4.14. The minimum absolute atomic E-state index is 0.395. The number of halogens is 3. The number of hydrogen-bond acceptors (Lipinski definition) is 1. The highest BCUT2D eigenvalue weighted by Gasteiger charge is 2.32. The van der Waals surface area contributed by atoms with Gasteiger partial charge in [-0.1, -0.05) is 25.3 Å². The highest BCUT2D eigenvalue weighted by Crippen LogP contribution is 2.41. The van der Waals surface area contributed by atoms with Gasteiger partial charge in [-0.25, -0.2) is 8.78 Å². The molecule has 1 aliphatic carbocycles. The zero-order valence-electron chi connectivity index (χ0n) is 10.5. The molecule has 1 nitrogen and oxygen atoms in total. The SMILES string of the molecule is C=CC1(c2cc(F)c(C(=O)Cl)c(F)c2)CCCCC1. The lowest BCUT2D eigenvalue weighted by Gasteiger charge is -2.35. The van der Waals surface area contributed by atoms with Gasteiger partial charge in [-0.15, -0.1) is 6.58 Å². The molecule has 0 N–H and O–H groups in total. The molecule has 2 rings (SSSR count). The predicted octanol–water partition coefficient (Wildman–Crippen LogP) is 4.73. The van der Waals surface area contributed by atoms with Gasteiger partial charge in [0.1, 0.15) is 17.2 Å². The molecule has 1 aromatic rings. The minimum atomic E-state index is -1.11. The molecule has 0 spiro atoms. The Bertz CT molecular complexity index is 496. The lowest BCUT2D eigenvalue weighted by molar-refractivity contribution is 0.107. The van der Waals surface area contributed by atoms with Crippen molar-refractivity contribution < 1.29 is 13.6 Å². The van der Waals surface area contributed by atoms with E-state index in [0.29, 0.717) is 5.56 Å². The first-order chi connectivity index (χ1) is 9.00. The summed E-state index contributed by atoms with van der Waals surface area (Å²) in [4.78, 5) is 11.0. The van der Waals surface area contributed by atoms with Crippen LogP contribution in [-0.2, 0) is 5.41 Å². The number of rotatable bonds is 3. The summed E-state index contributed by atoms with van der Waals surface area (Å²) in [5.74, 6) is -1.80. The highest BCUT2D eigenvalue weighted by atomic mass is 35.5. The van der Waals surface area contributed by atoms with Crippen LogP contribution in [-0.4, -0.2) is 5.24 Å². The van der Waals surface area contributed by atoms with E-state index in [1.165, 1.54) is 12.1 Å². The molecule has 0 heterocycles. The van der Waals surface area contributed by atoms with Crippen molar-refractivity contribution in [1.29, 1.82) is 0 Å². The molecule has 0 atom stereocenters. The molecule has 1 fully saturated rings. The van der Waals surface area contributed by atoms with Crippen LogP contribution >= 0.6 is 11.6 Å². The summed E-state index contributed by atoms with van der Waals surface area (Å²) in [6, 6.07) is 2.43. The summed E-state index contributed by atoms with van der Waals surface area (Å²) in [7, 11) is 0. The molecular formula is C15H15ClF2O. The Hall–Kier alpha value is -1.22. The Balaban J connectivity index is 2.51. The quantitative estimate of drug-likeness (QED) is 0.579. The summed E-state index contributed by atoms with van der Waals surface area (Å²) in [6.07, 6.45) is 6.55. The Morgan fingerprint density at radius 3 is 2.16 bits per heavy atom. The van der Waals surface area contributed by atoms with E-state index in [1.54, 1.807) is 6.08 Å². The molecule has 1 aliphatic rings. The van der Waals surface area contributed by atoms with Gasteiger partial charge in [0.25, 0.3) is 5.24 Å². The summed E-state index contributed by atoms with van der Waals surface area (Å²) in [5, 5.41) is -1.11. The molecule has 1 saturated carbocycles. The highest BCUT2D eigenvalue weighted by molar-refractivity contribution is 6.67. The largest absolute Gasteiger partial charge is 0.275 e. The van der Waals surface area contributed by atoms with Crippen molar-refractivity contribution in [3.05, 3.63) is 47.5 Å². The van der Waals surface area contributed by atoms with Gasteiger partial charge < -0.3 is 0 Å². The monoisotopic (exact) mass is 284 g/mol. The first-order valence-corrected chi connectivity index (χ1v) is 6.71. The molecule has 1 aromatic carbocycles. The van der Waals surface area contributed by atoms with Crippen molar-refractivity contribution in [2.75, 3.05) is 0 Å². The van der Waals surface area contributed by atoms with Gasteiger partial charge in [0.15, 0.2) is 0 Å². The van der Waals surface area contributed by atoms with Crippen molar-refractivity contribution in [1.82, 2.24) is 0 Å². The lowest BCUT2D eigenvalue weighted by atomic mass is 9.69.